The maximum atomic E-state index is 10.5. The number of carbonyl (C=O) groups is 1. The van der Waals surface area contributed by atoms with Crippen LogP contribution in [-0.4, -0.2) is 12.3 Å². The Kier molecular flexibility index (Phi) is 4.54. The molecule has 0 unspecified atom stereocenters. The largest absolute Gasteiger partial charge is 0.300 e. The highest BCUT2D eigenvalue weighted by Crippen LogP contribution is 1.88. The molecule has 0 atom stereocenters. The lowest BCUT2D eigenvalue weighted by Gasteiger charge is -1.87. The molecule has 50 valence electrons. The molecular weight excluding hydrogens is 118 g/mol. The van der Waals surface area contributed by atoms with Crippen molar-refractivity contribution in [3.63, 3.8) is 0 Å². The van der Waals surface area contributed by atoms with Crippen molar-refractivity contribution in [2.45, 2.75) is 19.8 Å². The summed E-state index contributed by atoms with van der Waals surface area (Å²) >= 11 is 0. The molecule has 0 aliphatic carbocycles. The average Bonchev–Trinajstić information content (AvgIpc) is 1.85. The first kappa shape index (κ1) is 7.98. The Morgan fingerprint density at radius 3 is 2.89 bits per heavy atom. The quantitative estimate of drug-likeness (QED) is 0.321. The average molecular weight is 127 g/mol. The summed E-state index contributed by atoms with van der Waals surface area (Å²) in [6, 6.07) is 0. The zero-order chi connectivity index (χ0) is 7.11. The molecule has 0 N–H and O–H groups in total. The fourth-order valence-electron chi connectivity index (χ4n) is 0.468. The molecule has 0 aromatic carbocycles. The molecule has 0 fully saturated rings. The van der Waals surface area contributed by atoms with E-state index in [0.717, 1.165) is 6.42 Å². The van der Waals surface area contributed by atoms with Crippen molar-refractivity contribution < 1.29 is 4.79 Å². The summed E-state index contributed by atoms with van der Waals surface area (Å²) in [7, 11) is 0. The Hall–Kier alpha value is -1.02. The lowest BCUT2D eigenvalue weighted by atomic mass is 10.2. The van der Waals surface area contributed by atoms with Crippen molar-refractivity contribution in [3.8, 4) is 0 Å². The van der Waals surface area contributed by atoms with Crippen molar-refractivity contribution in [2.24, 2.45) is 5.11 Å². The maximum absolute atomic E-state index is 10.5. The lowest BCUT2D eigenvalue weighted by Crippen LogP contribution is -1.99. The van der Waals surface area contributed by atoms with E-state index in [9.17, 15) is 4.79 Å². The van der Waals surface area contributed by atoms with Crippen LogP contribution in [0.4, 0.5) is 0 Å². The number of hydrogen-bond donors (Lipinski definition) is 0. The number of carbonyl (C=O) groups excluding carboxylic acids is 1. The van der Waals surface area contributed by atoms with Crippen LogP contribution in [0.1, 0.15) is 19.8 Å². The number of Topliss-reactive ketones (excluding diaryl/α,β-unsaturated/α-hetero) is 1. The van der Waals surface area contributed by atoms with Gasteiger partial charge in [0, 0.05) is 11.3 Å². The topological polar surface area (TPSA) is 65.8 Å². The molecule has 0 heterocycles. The summed E-state index contributed by atoms with van der Waals surface area (Å²) in [4.78, 5) is 13.0. The van der Waals surface area contributed by atoms with Gasteiger partial charge in [-0.3, -0.25) is 4.79 Å². The van der Waals surface area contributed by atoms with Crippen LogP contribution in [0.2, 0.25) is 0 Å². The number of ketones is 1. The summed E-state index contributed by atoms with van der Waals surface area (Å²) in [5, 5.41) is 3.12. The molecular formula is C5H9N3O. The van der Waals surface area contributed by atoms with Gasteiger partial charge in [0.15, 0.2) is 0 Å². The minimum atomic E-state index is 0.00431. The first-order chi connectivity index (χ1) is 4.31. The van der Waals surface area contributed by atoms with Crippen LogP contribution in [0.15, 0.2) is 5.11 Å². The molecule has 4 heteroatoms. The van der Waals surface area contributed by atoms with Gasteiger partial charge in [-0.05, 0) is 12.0 Å². The third-order valence-corrected chi connectivity index (χ3v) is 0.839. The zero-order valence-electron chi connectivity index (χ0n) is 5.37. The molecule has 0 saturated heterocycles. The molecule has 9 heavy (non-hydrogen) atoms. The Morgan fingerprint density at radius 2 is 2.44 bits per heavy atom. The van der Waals surface area contributed by atoms with Gasteiger partial charge in [-0.1, -0.05) is 12.0 Å². The second-order valence-corrected chi connectivity index (χ2v) is 1.68. The molecule has 0 aliphatic rings. The SMILES string of the molecule is CCCC(=O)CN=[N+]=[N-]. The molecule has 0 bridgehead atoms. The second-order valence-electron chi connectivity index (χ2n) is 1.68. The number of azide groups is 1. The smallest absolute Gasteiger partial charge is 0.138 e. The van der Waals surface area contributed by atoms with Crippen molar-refractivity contribution in [2.75, 3.05) is 6.54 Å². The molecule has 0 spiro atoms. The summed E-state index contributed by atoms with van der Waals surface area (Å²) in [5.74, 6) is 0.00954. The Morgan fingerprint density at radius 1 is 1.78 bits per heavy atom. The first-order valence-electron chi connectivity index (χ1n) is 2.83. The lowest BCUT2D eigenvalue weighted by molar-refractivity contribution is -0.117. The number of hydrogen-bond acceptors (Lipinski definition) is 2. The standard InChI is InChI=1S/C5H9N3O/c1-2-3-5(9)4-7-8-6/h2-4H2,1H3. The molecule has 4 nitrogen and oxygen atoms in total. The van der Waals surface area contributed by atoms with Gasteiger partial charge < -0.3 is 0 Å². The van der Waals surface area contributed by atoms with E-state index >= 15 is 0 Å². The number of nitrogens with zero attached hydrogens (tertiary/aromatic N) is 3. The molecule has 0 aromatic heterocycles. The van der Waals surface area contributed by atoms with Crippen molar-refractivity contribution in [1.29, 1.82) is 0 Å². The third-order valence-electron chi connectivity index (χ3n) is 0.839. The first-order valence-corrected chi connectivity index (χ1v) is 2.83. The van der Waals surface area contributed by atoms with Crippen LogP contribution >= 0.6 is 0 Å². The van der Waals surface area contributed by atoms with Crippen LogP contribution in [0, 0.1) is 0 Å². The van der Waals surface area contributed by atoms with Crippen LogP contribution in [0.25, 0.3) is 10.4 Å². The molecule has 0 aromatic rings. The van der Waals surface area contributed by atoms with Gasteiger partial charge in [0.1, 0.15) is 5.78 Å². The summed E-state index contributed by atoms with van der Waals surface area (Å²) in [6.07, 6.45) is 1.33. The minimum absolute atomic E-state index is 0.00431. The van der Waals surface area contributed by atoms with E-state index in [-0.39, 0.29) is 12.3 Å². The maximum Gasteiger partial charge on any atom is 0.138 e. The van der Waals surface area contributed by atoms with Crippen molar-refractivity contribution in [1.82, 2.24) is 0 Å². The minimum Gasteiger partial charge on any atom is -0.300 e. The predicted octanol–water partition coefficient (Wildman–Crippen LogP) is 1.67. The van der Waals surface area contributed by atoms with Gasteiger partial charge in [0.25, 0.3) is 0 Å². The van der Waals surface area contributed by atoms with Gasteiger partial charge in [-0.15, -0.1) is 0 Å². The van der Waals surface area contributed by atoms with E-state index in [2.05, 4.69) is 10.0 Å². The van der Waals surface area contributed by atoms with Crippen LogP contribution in [0.3, 0.4) is 0 Å². The highest BCUT2D eigenvalue weighted by Gasteiger charge is 1.94. The highest BCUT2D eigenvalue weighted by atomic mass is 16.1. The summed E-state index contributed by atoms with van der Waals surface area (Å²) in [6.45, 7) is 1.92. The van der Waals surface area contributed by atoms with Crippen molar-refractivity contribution >= 4 is 5.78 Å². The second kappa shape index (κ2) is 5.12. The molecule has 0 rings (SSSR count). The zero-order valence-corrected chi connectivity index (χ0v) is 5.37. The van der Waals surface area contributed by atoms with Crippen LogP contribution < -0.4 is 0 Å². The van der Waals surface area contributed by atoms with E-state index in [4.69, 9.17) is 5.53 Å². The van der Waals surface area contributed by atoms with Crippen molar-refractivity contribution in [3.05, 3.63) is 10.4 Å². The molecule has 0 aliphatic heterocycles. The number of rotatable bonds is 4. The molecule has 0 amide bonds. The Bertz CT molecular complexity index is 137. The summed E-state index contributed by atoms with van der Waals surface area (Å²) in [5.41, 5.74) is 7.79. The fourth-order valence-corrected chi connectivity index (χ4v) is 0.468. The third kappa shape index (κ3) is 4.84. The van der Waals surface area contributed by atoms with Gasteiger partial charge in [0.05, 0.1) is 6.54 Å². The van der Waals surface area contributed by atoms with E-state index in [1.54, 1.807) is 0 Å². The van der Waals surface area contributed by atoms with Gasteiger partial charge in [0.2, 0.25) is 0 Å². The van der Waals surface area contributed by atoms with Gasteiger partial charge in [-0.25, -0.2) is 0 Å². The fraction of sp³-hybridized carbons (Fsp3) is 0.800. The van der Waals surface area contributed by atoms with Crippen LogP contribution in [-0.2, 0) is 4.79 Å². The Balaban J connectivity index is 3.38. The van der Waals surface area contributed by atoms with E-state index in [0.29, 0.717) is 6.42 Å². The Labute approximate surface area is 53.5 Å². The van der Waals surface area contributed by atoms with E-state index < -0.39 is 0 Å². The van der Waals surface area contributed by atoms with E-state index in [1.807, 2.05) is 6.92 Å². The predicted molar refractivity (Wildman–Crippen MR) is 33.9 cm³/mol. The van der Waals surface area contributed by atoms with Crippen LogP contribution in [0.5, 0.6) is 0 Å². The molecule has 0 saturated carbocycles. The summed E-state index contributed by atoms with van der Waals surface area (Å²) < 4.78 is 0. The van der Waals surface area contributed by atoms with E-state index in [1.165, 1.54) is 0 Å². The monoisotopic (exact) mass is 127 g/mol. The van der Waals surface area contributed by atoms with Gasteiger partial charge >= 0.3 is 0 Å². The normalized spacial score (nSPS) is 8.11. The molecule has 0 radical (unpaired) electrons. The highest BCUT2D eigenvalue weighted by molar-refractivity contribution is 5.80. The van der Waals surface area contributed by atoms with Gasteiger partial charge in [-0.2, -0.15) is 0 Å².